The summed E-state index contributed by atoms with van der Waals surface area (Å²) in [5.74, 6) is -2.43. The summed E-state index contributed by atoms with van der Waals surface area (Å²) in [6, 6.07) is 11.7. The van der Waals surface area contributed by atoms with Crippen LogP contribution in [0.5, 0.6) is 0 Å². The zero-order valence-corrected chi connectivity index (χ0v) is 53.9. The van der Waals surface area contributed by atoms with Gasteiger partial charge in [-0.2, -0.15) is 16.8 Å². The lowest BCUT2D eigenvalue weighted by molar-refractivity contribution is -0.198. The number of fused-ring (bicyclic) bond motifs is 2. The molecule has 1 atom stereocenters. The summed E-state index contributed by atoms with van der Waals surface area (Å²) in [6.07, 6.45) is 5.41. The van der Waals surface area contributed by atoms with E-state index in [1.54, 1.807) is 25.3 Å². The molecule has 89 heavy (non-hydrogen) atoms. The van der Waals surface area contributed by atoms with E-state index in [0.29, 0.717) is 98.4 Å². The quantitative estimate of drug-likeness (QED) is 0.0320. The van der Waals surface area contributed by atoms with E-state index in [-0.39, 0.29) is 130 Å². The van der Waals surface area contributed by atoms with Crippen molar-refractivity contribution in [2.45, 2.75) is 81.9 Å². The van der Waals surface area contributed by atoms with E-state index in [1.165, 1.54) is 18.2 Å². The summed E-state index contributed by atoms with van der Waals surface area (Å²) in [4.78, 5) is 43.2. The zero-order chi connectivity index (χ0) is 64.9. The molecule has 500 valence electrons. The number of hydrogen-bond donors (Lipinski definition) is 2. The van der Waals surface area contributed by atoms with Crippen molar-refractivity contribution >= 4 is 76.6 Å². The fourth-order valence-electron chi connectivity index (χ4n) is 9.61. The molecular formula is C59H87N3O24S3. The number of nitrogens with zero attached hydrogens (tertiary/aromatic N) is 3. The third-order valence-electron chi connectivity index (χ3n) is 14.0. The molecule has 0 radical (unpaired) electrons. The smallest absolute Gasteiger partial charge is 0.363 e. The number of methoxy groups -OCH3 is 1. The number of hydrogen-bond acceptors (Lipinski definition) is 23. The first-order chi connectivity index (χ1) is 42.3. The van der Waals surface area contributed by atoms with Gasteiger partial charge in [0.25, 0.3) is 32.1 Å². The van der Waals surface area contributed by atoms with Crippen LogP contribution in [0.2, 0.25) is 0 Å². The zero-order valence-electron chi connectivity index (χ0n) is 51.4. The maximum Gasteiger partial charge on any atom is 0.363 e. The van der Waals surface area contributed by atoms with Crippen LogP contribution in [-0.4, -0.2) is 226 Å². The van der Waals surface area contributed by atoms with Crippen molar-refractivity contribution in [1.29, 1.82) is 0 Å². The van der Waals surface area contributed by atoms with Crippen LogP contribution >= 0.6 is 0 Å². The van der Waals surface area contributed by atoms with Crippen LogP contribution in [0.15, 0.2) is 69.6 Å². The molecule has 0 saturated carbocycles. The Bertz CT molecular complexity index is 3120. The number of imide groups is 1. The highest BCUT2D eigenvalue weighted by Crippen LogP contribution is 2.51. The number of carbonyl (C=O) groups is 3. The van der Waals surface area contributed by atoms with Crippen LogP contribution in [0, 0.1) is 0 Å². The molecular weight excluding hydrogens is 1230 g/mol. The van der Waals surface area contributed by atoms with Crippen molar-refractivity contribution in [3.63, 3.8) is 0 Å². The molecule has 2 aliphatic heterocycles. The van der Waals surface area contributed by atoms with Crippen LogP contribution in [0.3, 0.4) is 0 Å². The summed E-state index contributed by atoms with van der Waals surface area (Å²) in [6.45, 7) is 14.6. The molecule has 3 aromatic rings. The van der Waals surface area contributed by atoms with Gasteiger partial charge in [0.15, 0.2) is 0 Å². The van der Waals surface area contributed by atoms with E-state index < -0.39 is 70.0 Å². The van der Waals surface area contributed by atoms with Crippen molar-refractivity contribution in [2.24, 2.45) is 0 Å². The van der Waals surface area contributed by atoms with Gasteiger partial charge in [-0.25, -0.2) is 17.6 Å². The van der Waals surface area contributed by atoms with Gasteiger partial charge in [-0.1, -0.05) is 26.8 Å². The number of allylic oxidation sites excluding steroid dienone is 3. The van der Waals surface area contributed by atoms with Crippen molar-refractivity contribution in [3.8, 4) is 0 Å². The summed E-state index contributed by atoms with van der Waals surface area (Å²) in [5.41, 5.74) is 2.32. The van der Waals surface area contributed by atoms with Gasteiger partial charge in [-0.15, -0.1) is 5.06 Å². The Morgan fingerprint density at radius 2 is 1.19 bits per heavy atom. The second-order valence-corrected chi connectivity index (χ2v) is 26.4. The lowest BCUT2D eigenvalue weighted by Crippen LogP contribution is -2.32. The van der Waals surface area contributed by atoms with Crippen molar-refractivity contribution in [1.82, 2.24) is 5.06 Å². The molecule has 0 aliphatic carbocycles. The Balaban J connectivity index is 1.23. The predicted octanol–water partition coefficient (Wildman–Crippen LogP) is 5.14. The first kappa shape index (κ1) is 74.6. The third kappa shape index (κ3) is 26.6. The number of ether oxygens (including phenoxy) is 10. The number of hydroxylamine groups is 2. The first-order valence-electron chi connectivity index (χ1n) is 29.4. The normalized spacial score (nSPS) is 16.2. The minimum atomic E-state index is -4.92. The van der Waals surface area contributed by atoms with Gasteiger partial charge in [0.2, 0.25) is 0 Å². The van der Waals surface area contributed by atoms with Crippen molar-refractivity contribution in [2.75, 3.05) is 174 Å². The highest BCUT2D eigenvalue weighted by atomic mass is 32.2. The Morgan fingerprint density at radius 3 is 1.72 bits per heavy atom. The highest BCUT2D eigenvalue weighted by molar-refractivity contribution is 7.86. The van der Waals surface area contributed by atoms with Crippen LogP contribution in [0.1, 0.15) is 83.1 Å². The van der Waals surface area contributed by atoms with Gasteiger partial charge in [0.05, 0.1) is 160 Å². The molecule has 1 fully saturated rings. The van der Waals surface area contributed by atoms with Crippen LogP contribution in [0.4, 0.5) is 11.4 Å². The van der Waals surface area contributed by atoms with Gasteiger partial charge in [0.1, 0.15) is 10.1 Å². The molecule has 2 N–H and O–H groups in total. The molecule has 2 amide bonds. The second kappa shape index (κ2) is 37.4. The van der Waals surface area contributed by atoms with Gasteiger partial charge in [0, 0.05) is 74.2 Å². The minimum absolute atomic E-state index is 0.00940. The molecule has 2 aliphatic rings. The topological polar surface area (TPSA) is 340 Å². The van der Waals surface area contributed by atoms with Gasteiger partial charge in [-0.3, -0.25) is 18.7 Å². The van der Waals surface area contributed by atoms with E-state index >= 15 is 0 Å². The monoisotopic (exact) mass is 1320 g/mol. The van der Waals surface area contributed by atoms with Crippen LogP contribution < -0.4 is 9.80 Å². The summed E-state index contributed by atoms with van der Waals surface area (Å²) >= 11 is 0. The molecule has 30 heteroatoms. The molecule has 27 nitrogen and oxygen atoms in total. The maximum absolute atomic E-state index is 12.4. The molecule has 1 aromatic heterocycles. The molecule has 0 bridgehead atoms. The predicted molar refractivity (Wildman–Crippen MR) is 325 cm³/mol. The number of anilines is 2. The Morgan fingerprint density at radius 1 is 0.674 bits per heavy atom. The number of rotatable bonds is 46. The lowest BCUT2D eigenvalue weighted by Gasteiger charge is -2.30. The molecule has 0 spiro atoms. The standard InChI is InChI=1S/C59H87N3O24S3/c1-58(2,3)50-44-47(85-53-43-46(11-13-49(50)53)60(19-8-42-88(69,70)71)20-23-77-28-31-81-36-39-83-34-33-79-26-25-75-5)9-6-10-54-59(4,18-7-41-87(66,67)68)51-45-48(89(72,73)74)12-14-52(51)61(54)21-24-78-29-32-82-37-40-84-38-35-80-30-27-76-22-17-57(65)86-62-55(63)15-16-56(62)64/h6,9-14,43-45H,7-8,15-42H2,1-5H3,(H2-,66,67,68,69,70,71,72,73,74)/b9-6+,54-10+. The maximum atomic E-state index is 12.4. The first-order valence-corrected chi connectivity index (χ1v) is 34.0. The number of benzene rings is 2. The summed E-state index contributed by atoms with van der Waals surface area (Å²) in [5, 5.41) is 1.32. The van der Waals surface area contributed by atoms with E-state index in [9.17, 15) is 53.3 Å². The third-order valence-corrected chi connectivity index (χ3v) is 16.5. The van der Waals surface area contributed by atoms with E-state index in [1.807, 2.05) is 41.0 Å². The van der Waals surface area contributed by atoms with Gasteiger partial charge >= 0.3 is 17.3 Å². The molecule has 5 rings (SSSR count). The largest absolute Gasteiger partial charge is 0.744 e. The molecule has 2 aromatic carbocycles. The molecule has 1 unspecified atom stereocenters. The van der Waals surface area contributed by atoms with Crippen molar-refractivity contribution < 1.29 is 110 Å². The number of amides is 2. The Labute approximate surface area is 521 Å². The van der Waals surface area contributed by atoms with E-state index in [0.717, 1.165) is 10.9 Å². The Hall–Kier alpha value is -5.13. The van der Waals surface area contributed by atoms with Crippen molar-refractivity contribution in [3.05, 3.63) is 77.2 Å². The van der Waals surface area contributed by atoms with Crippen LogP contribution in [0.25, 0.3) is 17.0 Å². The average molecular weight is 1320 g/mol. The molecule has 3 heterocycles. The second-order valence-electron chi connectivity index (χ2n) is 21.8. The highest BCUT2D eigenvalue weighted by Gasteiger charge is 2.44. The van der Waals surface area contributed by atoms with Gasteiger partial charge < -0.3 is 66.6 Å². The molecule has 1 saturated heterocycles. The SMILES string of the molecule is COCCOCCOCCOCCOCCN(CCCS(=O)(=O)O)c1ccc2c(C(C)(C)C)cc(/C=C/C=C3/N(CCOCCOCCOCCOCCOCCC(=O)ON4C(=O)CCC4=O)c4ccc(S(=O)(=O)[O-])cc4C3(C)CCCS(=O)(=O)O)[o+]c2c1. The fourth-order valence-corrected chi connectivity index (χ4v) is 11.1. The van der Waals surface area contributed by atoms with Crippen LogP contribution in [-0.2, 0) is 108 Å². The fraction of sp³-hybridized carbons (Fsp3) is 0.627. The summed E-state index contributed by atoms with van der Waals surface area (Å²) in [7, 11) is -11.9. The average Bonchev–Trinajstić information content (AvgIpc) is 1.62. The van der Waals surface area contributed by atoms with E-state index in [2.05, 4.69) is 20.8 Å². The lowest BCUT2D eigenvalue weighted by atomic mass is 9.77. The summed E-state index contributed by atoms with van der Waals surface area (Å²) < 4.78 is 166. The Kier molecular flexibility index (Phi) is 31.3. The van der Waals surface area contributed by atoms with Gasteiger partial charge in [-0.05, 0) is 79.1 Å². The number of carbonyl (C=O) groups excluding carboxylic acids is 3. The minimum Gasteiger partial charge on any atom is -0.744 e. The van der Waals surface area contributed by atoms with E-state index in [4.69, 9.17) is 56.6 Å².